The Labute approximate surface area is 117 Å². The maximum absolute atomic E-state index is 6.16. The van der Waals surface area contributed by atoms with Crippen molar-refractivity contribution in [3.63, 3.8) is 0 Å². The van der Waals surface area contributed by atoms with E-state index < -0.39 is 0 Å². The topological polar surface area (TPSA) is 38.9 Å². The van der Waals surface area contributed by atoms with Crippen molar-refractivity contribution in [1.29, 1.82) is 0 Å². The summed E-state index contributed by atoms with van der Waals surface area (Å²) in [5.41, 5.74) is 8.57. The molecule has 0 saturated carbocycles. The van der Waals surface area contributed by atoms with Crippen molar-refractivity contribution in [3.05, 3.63) is 45.9 Å². The Bertz CT molecular complexity index is 508. The minimum Gasteiger partial charge on any atom is -0.327 e. The first kappa shape index (κ1) is 13.6. The van der Waals surface area contributed by atoms with Gasteiger partial charge in [0.2, 0.25) is 0 Å². The third-order valence-corrected chi connectivity index (χ3v) is 5.00. The van der Waals surface area contributed by atoms with Crippen LogP contribution in [0.3, 0.4) is 0 Å². The molecule has 2 aromatic rings. The molecule has 2 nitrogen and oxygen atoms in total. The Balaban J connectivity index is 1.85. The van der Waals surface area contributed by atoms with Crippen molar-refractivity contribution >= 4 is 23.1 Å². The molecule has 0 amide bonds. The summed E-state index contributed by atoms with van der Waals surface area (Å²) >= 11 is 3.54. The molecular formula is C14H18N2S2. The molecule has 2 N–H and O–H groups in total. The van der Waals surface area contributed by atoms with Crippen molar-refractivity contribution in [2.75, 3.05) is 5.75 Å². The van der Waals surface area contributed by atoms with Gasteiger partial charge in [0.1, 0.15) is 0 Å². The number of thiazole rings is 1. The van der Waals surface area contributed by atoms with Crippen molar-refractivity contribution in [3.8, 4) is 0 Å². The molecule has 0 aliphatic rings. The molecule has 0 saturated heterocycles. The predicted octanol–water partition coefficient (Wildman–Crippen LogP) is 3.42. The van der Waals surface area contributed by atoms with Crippen LogP contribution in [0.4, 0.5) is 0 Å². The summed E-state index contributed by atoms with van der Waals surface area (Å²) in [7, 11) is 0. The lowest BCUT2D eigenvalue weighted by Gasteiger charge is -2.10. The first-order chi connectivity index (χ1) is 8.65. The SMILES string of the molecule is Cc1csc(CC(N)CSc2ccccc2C)n1. The zero-order chi connectivity index (χ0) is 13.0. The number of aromatic nitrogens is 1. The van der Waals surface area contributed by atoms with Gasteiger partial charge in [0, 0.05) is 34.2 Å². The fourth-order valence-electron chi connectivity index (χ4n) is 1.69. The summed E-state index contributed by atoms with van der Waals surface area (Å²) in [5.74, 6) is 0.934. The van der Waals surface area contributed by atoms with Crippen LogP contribution >= 0.6 is 23.1 Å². The number of thioether (sulfide) groups is 1. The van der Waals surface area contributed by atoms with E-state index in [9.17, 15) is 0 Å². The number of aryl methyl sites for hydroxylation is 2. The molecule has 0 spiro atoms. The lowest BCUT2D eigenvalue weighted by Crippen LogP contribution is -2.25. The number of hydrogen-bond acceptors (Lipinski definition) is 4. The van der Waals surface area contributed by atoms with Crippen LogP contribution in [0.25, 0.3) is 0 Å². The molecule has 0 aliphatic heterocycles. The predicted molar refractivity (Wildman–Crippen MR) is 80.4 cm³/mol. The summed E-state index contributed by atoms with van der Waals surface area (Å²) in [6.07, 6.45) is 0.872. The maximum atomic E-state index is 6.16. The van der Waals surface area contributed by atoms with Gasteiger partial charge in [-0.1, -0.05) is 18.2 Å². The molecule has 0 fully saturated rings. The average Bonchev–Trinajstić information content (AvgIpc) is 2.74. The van der Waals surface area contributed by atoms with Crippen LogP contribution in [-0.4, -0.2) is 16.8 Å². The lowest BCUT2D eigenvalue weighted by molar-refractivity contribution is 0.742. The van der Waals surface area contributed by atoms with Gasteiger partial charge in [-0.05, 0) is 25.5 Å². The van der Waals surface area contributed by atoms with E-state index in [2.05, 4.69) is 41.6 Å². The molecule has 1 aromatic heterocycles. The fourth-order valence-corrected chi connectivity index (χ4v) is 3.54. The highest BCUT2D eigenvalue weighted by Crippen LogP contribution is 2.23. The first-order valence-corrected chi connectivity index (χ1v) is 7.86. The van der Waals surface area contributed by atoms with Crippen LogP contribution in [-0.2, 0) is 6.42 Å². The number of rotatable bonds is 5. The number of hydrogen-bond donors (Lipinski definition) is 1. The Morgan fingerprint density at radius 1 is 1.33 bits per heavy atom. The Kier molecular flexibility index (Phi) is 4.80. The molecule has 0 radical (unpaired) electrons. The molecule has 0 bridgehead atoms. The van der Waals surface area contributed by atoms with E-state index in [0.29, 0.717) is 0 Å². The van der Waals surface area contributed by atoms with Gasteiger partial charge in [0.25, 0.3) is 0 Å². The normalized spacial score (nSPS) is 12.6. The fraction of sp³-hybridized carbons (Fsp3) is 0.357. The van der Waals surface area contributed by atoms with E-state index >= 15 is 0 Å². The quantitative estimate of drug-likeness (QED) is 0.852. The molecular weight excluding hydrogens is 260 g/mol. The van der Waals surface area contributed by atoms with E-state index in [1.54, 1.807) is 11.3 Å². The van der Waals surface area contributed by atoms with Gasteiger partial charge in [-0.25, -0.2) is 4.98 Å². The minimum atomic E-state index is 0.167. The summed E-state index contributed by atoms with van der Waals surface area (Å²) in [5, 5.41) is 3.22. The smallest absolute Gasteiger partial charge is 0.0943 e. The second-order valence-electron chi connectivity index (χ2n) is 4.42. The molecule has 0 aliphatic carbocycles. The Morgan fingerprint density at radius 2 is 2.11 bits per heavy atom. The van der Waals surface area contributed by atoms with Crippen LogP contribution in [0.1, 0.15) is 16.3 Å². The van der Waals surface area contributed by atoms with E-state index in [4.69, 9.17) is 5.73 Å². The summed E-state index contributed by atoms with van der Waals surface area (Å²) in [6, 6.07) is 8.60. The zero-order valence-corrected chi connectivity index (χ0v) is 12.4. The van der Waals surface area contributed by atoms with Crippen molar-refractivity contribution in [2.45, 2.75) is 31.2 Å². The molecule has 4 heteroatoms. The second kappa shape index (κ2) is 6.36. The molecule has 2 rings (SSSR count). The van der Waals surface area contributed by atoms with Gasteiger partial charge in [-0.3, -0.25) is 0 Å². The molecule has 1 atom stereocenters. The van der Waals surface area contributed by atoms with Crippen LogP contribution in [0.2, 0.25) is 0 Å². The highest BCUT2D eigenvalue weighted by atomic mass is 32.2. The van der Waals surface area contributed by atoms with Crippen LogP contribution < -0.4 is 5.73 Å². The van der Waals surface area contributed by atoms with Crippen LogP contribution in [0, 0.1) is 13.8 Å². The van der Waals surface area contributed by atoms with Gasteiger partial charge in [0.05, 0.1) is 5.01 Å². The number of benzene rings is 1. The van der Waals surface area contributed by atoms with Crippen molar-refractivity contribution < 1.29 is 0 Å². The van der Waals surface area contributed by atoms with E-state index in [-0.39, 0.29) is 6.04 Å². The summed E-state index contributed by atoms with van der Waals surface area (Å²) in [6.45, 7) is 4.16. The molecule has 1 aromatic carbocycles. The lowest BCUT2D eigenvalue weighted by atomic mass is 10.2. The average molecular weight is 278 g/mol. The molecule has 1 unspecified atom stereocenters. The first-order valence-electron chi connectivity index (χ1n) is 6.00. The van der Waals surface area contributed by atoms with Gasteiger partial charge < -0.3 is 5.73 Å². The Morgan fingerprint density at radius 3 is 2.78 bits per heavy atom. The monoisotopic (exact) mass is 278 g/mol. The molecule has 96 valence electrons. The molecule has 18 heavy (non-hydrogen) atoms. The second-order valence-corrected chi connectivity index (χ2v) is 6.43. The minimum absolute atomic E-state index is 0.167. The van der Waals surface area contributed by atoms with Crippen LogP contribution in [0.5, 0.6) is 0 Å². The van der Waals surface area contributed by atoms with E-state index in [0.717, 1.165) is 22.9 Å². The third kappa shape index (κ3) is 3.83. The highest BCUT2D eigenvalue weighted by Gasteiger charge is 2.08. The molecule has 1 heterocycles. The van der Waals surface area contributed by atoms with E-state index in [1.807, 2.05) is 18.7 Å². The largest absolute Gasteiger partial charge is 0.327 e. The third-order valence-electron chi connectivity index (χ3n) is 2.65. The van der Waals surface area contributed by atoms with Crippen LogP contribution in [0.15, 0.2) is 34.5 Å². The van der Waals surface area contributed by atoms with Crippen molar-refractivity contribution in [2.24, 2.45) is 5.73 Å². The summed E-state index contributed by atoms with van der Waals surface area (Å²) in [4.78, 5) is 5.77. The van der Waals surface area contributed by atoms with Crippen molar-refractivity contribution in [1.82, 2.24) is 4.98 Å². The Hall–Kier alpha value is -0.840. The van der Waals surface area contributed by atoms with Gasteiger partial charge >= 0.3 is 0 Å². The van der Waals surface area contributed by atoms with Gasteiger partial charge in [0.15, 0.2) is 0 Å². The number of nitrogens with zero attached hydrogens (tertiary/aromatic N) is 1. The summed E-state index contributed by atoms with van der Waals surface area (Å²) < 4.78 is 0. The zero-order valence-electron chi connectivity index (χ0n) is 10.7. The standard InChI is InChI=1S/C14H18N2S2/c1-10-5-3-4-6-13(10)17-9-12(15)7-14-16-11(2)8-18-14/h3-6,8,12H,7,9,15H2,1-2H3. The maximum Gasteiger partial charge on any atom is 0.0943 e. The van der Waals surface area contributed by atoms with Gasteiger partial charge in [-0.2, -0.15) is 0 Å². The van der Waals surface area contributed by atoms with Gasteiger partial charge in [-0.15, -0.1) is 23.1 Å². The number of nitrogens with two attached hydrogens (primary N) is 1. The highest BCUT2D eigenvalue weighted by molar-refractivity contribution is 7.99. The van der Waals surface area contributed by atoms with E-state index in [1.165, 1.54) is 10.5 Å².